The first kappa shape index (κ1) is 15.7. The van der Waals surface area contributed by atoms with Gasteiger partial charge in [-0.3, -0.25) is 0 Å². The first-order valence-electron chi connectivity index (χ1n) is 7.05. The lowest BCUT2D eigenvalue weighted by Gasteiger charge is -2.15. The van der Waals surface area contributed by atoms with Crippen molar-refractivity contribution in [3.05, 3.63) is 11.1 Å². The van der Waals surface area contributed by atoms with Crippen LogP contribution in [0.1, 0.15) is 59.8 Å². The van der Waals surface area contributed by atoms with Gasteiger partial charge in [-0.1, -0.05) is 6.42 Å². The summed E-state index contributed by atoms with van der Waals surface area (Å²) in [5.41, 5.74) is 1.02. The molecule has 0 atom stereocenters. The molecule has 0 aromatic heterocycles. The van der Waals surface area contributed by atoms with Crippen LogP contribution in [0, 0.1) is 0 Å². The Kier molecular flexibility index (Phi) is 6.06. The minimum Gasteiger partial charge on any atom is -0.460 e. The van der Waals surface area contributed by atoms with E-state index in [4.69, 9.17) is 9.47 Å². The lowest BCUT2D eigenvalue weighted by molar-refractivity contribution is -0.146. The molecular formula is C15H24O4. The Labute approximate surface area is 115 Å². The number of ether oxygens (including phenoxy) is 2. The van der Waals surface area contributed by atoms with Gasteiger partial charge in [-0.15, -0.1) is 0 Å². The zero-order valence-electron chi connectivity index (χ0n) is 12.3. The number of esters is 2. The second-order valence-corrected chi connectivity index (χ2v) is 5.43. The van der Waals surface area contributed by atoms with E-state index in [0.717, 1.165) is 19.3 Å². The van der Waals surface area contributed by atoms with Gasteiger partial charge in [0.25, 0.3) is 0 Å². The minimum atomic E-state index is -0.368. The van der Waals surface area contributed by atoms with Crippen LogP contribution < -0.4 is 0 Å². The molecule has 0 aromatic rings. The monoisotopic (exact) mass is 268 g/mol. The average molecular weight is 268 g/mol. The molecule has 1 rings (SSSR count). The highest BCUT2D eigenvalue weighted by Gasteiger charge is 2.25. The highest BCUT2D eigenvalue weighted by atomic mass is 16.5. The lowest BCUT2D eigenvalue weighted by Crippen LogP contribution is -2.20. The predicted molar refractivity (Wildman–Crippen MR) is 72.6 cm³/mol. The molecule has 0 fully saturated rings. The van der Waals surface area contributed by atoms with Crippen LogP contribution in [0.25, 0.3) is 0 Å². The summed E-state index contributed by atoms with van der Waals surface area (Å²) in [4.78, 5) is 24.1. The van der Waals surface area contributed by atoms with Gasteiger partial charge in [0, 0.05) is 11.1 Å². The number of hydrogen-bond donors (Lipinski definition) is 0. The third-order valence-corrected chi connectivity index (χ3v) is 2.90. The molecule has 0 radical (unpaired) electrons. The molecule has 0 saturated heterocycles. The van der Waals surface area contributed by atoms with E-state index in [1.54, 1.807) is 27.7 Å². The van der Waals surface area contributed by atoms with Crippen LogP contribution in [0.4, 0.5) is 0 Å². The molecule has 0 unspecified atom stereocenters. The molecule has 0 bridgehead atoms. The maximum Gasteiger partial charge on any atom is 0.334 e. The Morgan fingerprint density at radius 3 is 1.47 bits per heavy atom. The van der Waals surface area contributed by atoms with Crippen molar-refractivity contribution < 1.29 is 19.1 Å². The summed E-state index contributed by atoms with van der Waals surface area (Å²) in [7, 11) is 0. The van der Waals surface area contributed by atoms with Gasteiger partial charge in [0.1, 0.15) is 0 Å². The van der Waals surface area contributed by atoms with Crippen LogP contribution in [-0.2, 0) is 19.1 Å². The van der Waals surface area contributed by atoms with E-state index in [0.29, 0.717) is 24.0 Å². The van der Waals surface area contributed by atoms with Gasteiger partial charge in [0.2, 0.25) is 0 Å². The van der Waals surface area contributed by atoms with Crippen molar-refractivity contribution in [2.75, 3.05) is 0 Å². The van der Waals surface area contributed by atoms with E-state index < -0.39 is 0 Å². The quantitative estimate of drug-likeness (QED) is 0.735. The summed E-state index contributed by atoms with van der Waals surface area (Å²) in [6.45, 7) is 7.23. The Hall–Kier alpha value is -1.32. The van der Waals surface area contributed by atoms with Crippen molar-refractivity contribution in [2.24, 2.45) is 0 Å². The molecule has 0 heterocycles. The van der Waals surface area contributed by atoms with Gasteiger partial charge in [0.15, 0.2) is 0 Å². The molecule has 1 aliphatic rings. The number of rotatable bonds is 4. The van der Waals surface area contributed by atoms with Gasteiger partial charge in [-0.25, -0.2) is 9.59 Å². The first-order valence-corrected chi connectivity index (χ1v) is 7.05. The smallest absolute Gasteiger partial charge is 0.334 e. The van der Waals surface area contributed by atoms with E-state index in [1.807, 2.05) is 0 Å². The third kappa shape index (κ3) is 5.05. The molecule has 4 heteroatoms. The Morgan fingerprint density at radius 1 is 0.789 bits per heavy atom. The summed E-state index contributed by atoms with van der Waals surface area (Å²) in [5, 5.41) is 0. The molecule has 19 heavy (non-hydrogen) atoms. The predicted octanol–water partition coefficient (Wildman–Crippen LogP) is 3.15. The molecule has 0 aromatic carbocycles. The molecule has 0 spiro atoms. The van der Waals surface area contributed by atoms with E-state index in [9.17, 15) is 9.59 Å². The van der Waals surface area contributed by atoms with Crippen LogP contribution in [0.5, 0.6) is 0 Å². The number of carbonyl (C=O) groups excluding carboxylic acids is 2. The lowest BCUT2D eigenvalue weighted by atomic mass is 10.0. The Balaban J connectivity index is 2.95. The fourth-order valence-corrected chi connectivity index (χ4v) is 2.10. The normalized spacial score (nSPS) is 16.5. The minimum absolute atomic E-state index is 0.175. The van der Waals surface area contributed by atoms with Crippen molar-refractivity contribution in [3.8, 4) is 0 Å². The molecule has 4 nitrogen and oxygen atoms in total. The first-order chi connectivity index (χ1) is 8.91. The number of carbonyl (C=O) groups is 2. The summed E-state index contributed by atoms with van der Waals surface area (Å²) in [6, 6.07) is 0. The second kappa shape index (κ2) is 7.31. The van der Waals surface area contributed by atoms with Gasteiger partial charge in [0.05, 0.1) is 12.2 Å². The summed E-state index contributed by atoms with van der Waals surface area (Å²) in [5.74, 6) is -0.736. The summed E-state index contributed by atoms with van der Waals surface area (Å²) >= 11 is 0. The zero-order chi connectivity index (χ0) is 14.4. The van der Waals surface area contributed by atoms with Gasteiger partial charge in [-0.05, 0) is 53.4 Å². The second-order valence-electron chi connectivity index (χ2n) is 5.43. The molecular weight excluding hydrogens is 244 g/mol. The highest BCUT2D eigenvalue weighted by Crippen LogP contribution is 2.26. The van der Waals surface area contributed by atoms with Crippen molar-refractivity contribution in [1.29, 1.82) is 0 Å². The summed E-state index contributed by atoms with van der Waals surface area (Å²) < 4.78 is 10.5. The van der Waals surface area contributed by atoms with Crippen LogP contribution in [0.3, 0.4) is 0 Å². The molecule has 0 amide bonds. The van der Waals surface area contributed by atoms with Crippen molar-refractivity contribution in [1.82, 2.24) is 0 Å². The third-order valence-electron chi connectivity index (χ3n) is 2.90. The Bertz CT molecular complexity index is 332. The fourth-order valence-electron chi connectivity index (χ4n) is 2.10. The molecule has 1 aliphatic carbocycles. The molecule has 108 valence electrons. The molecule has 0 aliphatic heterocycles. The van der Waals surface area contributed by atoms with E-state index >= 15 is 0 Å². The van der Waals surface area contributed by atoms with Crippen molar-refractivity contribution in [3.63, 3.8) is 0 Å². The van der Waals surface area contributed by atoms with Gasteiger partial charge < -0.3 is 9.47 Å². The fraction of sp³-hybridized carbons (Fsp3) is 0.733. The standard InChI is InChI=1S/C15H24O4/c1-10(2)18-14(16)12-8-6-5-7-9-13(12)15(17)19-11(3)4/h10-11H,5-9H2,1-4H3. The van der Waals surface area contributed by atoms with Crippen LogP contribution in [-0.4, -0.2) is 24.1 Å². The average Bonchev–Trinajstić information content (AvgIpc) is 2.51. The SMILES string of the molecule is CC(C)OC(=O)C1=C(C(=O)OC(C)C)CCCCC1. The summed E-state index contributed by atoms with van der Waals surface area (Å²) in [6.07, 6.45) is 3.72. The largest absolute Gasteiger partial charge is 0.460 e. The van der Waals surface area contributed by atoms with Crippen LogP contribution >= 0.6 is 0 Å². The zero-order valence-corrected chi connectivity index (χ0v) is 12.3. The topological polar surface area (TPSA) is 52.6 Å². The van der Waals surface area contributed by atoms with Crippen LogP contribution in [0.2, 0.25) is 0 Å². The van der Waals surface area contributed by atoms with Gasteiger partial charge >= 0.3 is 11.9 Å². The van der Waals surface area contributed by atoms with Crippen molar-refractivity contribution >= 4 is 11.9 Å². The van der Waals surface area contributed by atoms with Gasteiger partial charge in [-0.2, -0.15) is 0 Å². The van der Waals surface area contributed by atoms with Crippen molar-refractivity contribution in [2.45, 2.75) is 72.0 Å². The maximum absolute atomic E-state index is 12.1. The van der Waals surface area contributed by atoms with E-state index in [-0.39, 0.29) is 24.1 Å². The number of hydrogen-bond acceptors (Lipinski definition) is 4. The maximum atomic E-state index is 12.1. The highest BCUT2D eigenvalue weighted by molar-refractivity contribution is 6.00. The van der Waals surface area contributed by atoms with E-state index in [1.165, 1.54) is 0 Å². The van der Waals surface area contributed by atoms with Crippen LogP contribution in [0.15, 0.2) is 11.1 Å². The molecule has 0 N–H and O–H groups in total. The molecule has 0 saturated carbocycles. The van der Waals surface area contributed by atoms with E-state index in [2.05, 4.69) is 0 Å². The Morgan fingerprint density at radius 2 is 1.16 bits per heavy atom.